The van der Waals surface area contributed by atoms with Crippen LogP contribution in [0.15, 0.2) is 95.7 Å². The van der Waals surface area contributed by atoms with Gasteiger partial charge in [-0.3, -0.25) is 19.2 Å². The van der Waals surface area contributed by atoms with E-state index in [0.717, 1.165) is 21.7 Å². The Labute approximate surface area is 450 Å². The quantitative estimate of drug-likeness (QED) is 0.0951. The number of aliphatic hydroxyl groups excluding tert-OH is 1. The number of Topliss-reactive ketones (excluding diaryl/α,β-unsaturated/α-hetero) is 1. The van der Waals surface area contributed by atoms with E-state index in [9.17, 15) is 33.5 Å². The molecule has 2 aromatic heterocycles. The number of nitrogens with zero attached hydrogens (tertiary/aromatic N) is 5. The summed E-state index contributed by atoms with van der Waals surface area (Å²) < 4.78 is 50.8. The number of hydrogen-bond donors (Lipinski definition) is 3. The maximum Gasteiger partial charge on any atom is 0.437 e. The predicted molar refractivity (Wildman–Crippen MR) is 286 cm³/mol. The zero-order valence-electron chi connectivity index (χ0n) is 44.9. The summed E-state index contributed by atoms with van der Waals surface area (Å²) in [6.45, 7) is 15.4. The molecule has 19 heteroatoms. The minimum absolute atomic E-state index is 0.00403. The number of imidazole rings is 1. The molecule has 2 aliphatic heterocycles. The minimum Gasteiger partial charge on any atom is -0.491 e. The van der Waals surface area contributed by atoms with E-state index in [1.165, 1.54) is 35.2 Å². The Morgan fingerprint density at radius 3 is 2.32 bits per heavy atom. The van der Waals surface area contributed by atoms with Gasteiger partial charge in [-0.25, -0.2) is 18.6 Å². The Morgan fingerprint density at radius 2 is 1.65 bits per heavy atom. The molecule has 6 aromatic rings. The number of benzene rings is 4. The molecule has 4 heterocycles. The van der Waals surface area contributed by atoms with Crippen LogP contribution in [0, 0.1) is 36.8 Å². The summed E-state index contributed by atoms with van der Waals surface area (Å²) in [5, 5.41) is 16.5. The van der Waals surface area contributed by atoms with Crippen molar-refractivity contribution < 1.29 is 52.1 Å². The molecule has 0 spiro atoms. The fourth-order valence-electron chi connectivity index (χ4n) is 9.66. The van der Waals surface area contributed by atoms with Crippen LogP contribution in [-0.2, 0) is 39.1 Å². The van der Waals surface area contributed by atoms with Crippen LogP contribution in [0.2, 0.25) is 0 Å². The van der Waals surface area contributed by atoms with Crippen molar-refractivity contribution >= 4 is 40.9 Å². The largest absolute Gasteiger partial charge is 0.491 e. The topological polar surface area (TPSA) is 196 Å². The number of aryl methyl sites for hydroxylation is 3. The smallest absolute Gasteiger partial charge is 0.437 e. The lowest BCUT2D eigenvalue weighted by atomic mass is 9.85. The molecule has 4 amide bonds. The van der Waals surface area contributed by atoms with Crippen LogP contribution < -0.4 is 25.7 Å². The van der Waals surface area contributed by atoms with Crippen molar-refractivity contribution in [3.05, 3.63) is 141 Å². The third kappa shape index (κ3) is 13.0. The van der Waals surface area contributed by atoms with Crippen LogP contribution >= 0.6 is 11.3 Å². The lowest BCUT2D eigenvalue weighted by Gasteiger charge is -2.35. The first-order valence-electron chi connectivity index (χ1n) is 25.4. The van der Waals surface area contributed by atoms with Gasteiger partial charge in [-0.2, -0.15) is 0 Å². The summed E-state index contributed by atoms with van der Waals surface area (Å²) in [5.74, 6) is -3.84. The van der Waals surface area contributed by atoms with Gasteiger partial charge in [0.25, 0.3) is 5.91 Å². The first-order valence-corrected chi connectivity index (χ1v) is 26.3. The average Bonchev–Trinajstić information content (AvgIpc) is 4.08. The standard InChI is InChI=1S/C58H65F2N7O9S/c1-32-21-40(59)16-17-42(32)43-23-36(27-66-20-19-65(10)55(66)64-56(73)76-58(7,8)9)24-44-49(70)39(29-75-50(43)44)22-35-11-18-45(60)47(25-35)74-30-48(69)63-52(57(4,5)6)54(72)67-28-41(68)26-46(67)53(71)62-33(2)37-12-14-38(15-13-37)51-34(3)61-31-77-51/h11-21,23-25,31,33,39,41,46,52,68H,22,26-30H2,1-10H3,(H,62,71)(H,63,69)/t33-,39-,41+,46-,52+/m0/s1. The number of aromatic nitrogens is 3. The van der Waals surface area contributed by atoms with Gasteiger partial charge in [0.2, 0.25) is 17.4 Å². The Morgan fingerprint density at radius 1 is 0.922 bits per heavy atom. The number of hydrogen-bond acceptors (Lipinski definition) is 11. The molecule has 1 saturated heterocycles. The third-order valence-electron chi connectivity index (χ3n) is 13.6. The second-order valence-electron chi connectivity index (χ2n) is 21.9. The number of fused-ring (bicyclic) bond motifs is 1. The van der Waals surface area contributed by atoms with Crippen molar-refractivity contribution in [2.75, 3.05) is 19.8 Å². The number of aliphatic hydroxyl groups is 1. The summed E-state index contributed by atoms with van der Waals surface area (Å²) in [5.41, 5.74) is 6.56. The monoisotopic (exact) mass is 1070 g/mol. The number of nitrogens with one attached hydrogen (secondary N) is 2. The predicted octanol–water partition coefficient (Wildman–Crippen LogP) is 8.58. The molecular weight excluding hydrogens is 1010 g/mol. The minimum atomic E-state index is -1.16. The van der Waals surface area contributed by atoms with Gasteiger partial charge < -0.3 is 44.0 Å². The number of likely N-dealkylation sites (tertiary alicyclic amines) is 1. The summed E-state index contributed by atoms with van der Waals surface area (Å²) in [6.07, 6.45) is 1.86. The molecule has 8 rings (SSSR count). The molecule has 406 valence electrons. The second kappa shape index (κ2) is 22.6. The van der Waals surface area contributed by atoms with Gasteiger partial charge >= 0.3 is 6.09 Å². The SMILES string of the molecule is Cc1cc(F)ccc1-c1cc(Cn2ccn(C)c2=NC(=O)OC(C)(C)C)cc2c1OC[C@H](Cc1ccc(F)c(OCC(=O)N[C@H](C(=O)N3C[C@H](O)C[C@H]3C(=O)N[C@@H](C)c3ccc(-c4scnc4C)cc3)C(C)(C)C)c1)C2=O. The molecule has 77 heavy (non-hydrogen) atoms. The van der Waals surface area contributed by atoms with Crippen LogP contribution in [0.1, 0.15) is 99.2 Å². The molecule has 0 radical (unpaired) electrons. The van der Waals surface area contributed by atoms with Crippen LogP contribution in [0.4, 0.5) is 13.6 Å². The Bertz CT molecular complexity index is 3300. The van der Waals surface area contributed by atoms with E-state index in [1.54, 1.807) is 106 Å². The maximum atomic E-state index is 15.4. The molecule has 3 N–H and O–H groups in total. The fourth-order valence-corrected chi connectivity index (χ4v) is 10.5. The van der Waals surface area contributed by atoms with Crippen molar-refractivity contribution in [3.8, 4) is 33.1 Å². The number of β-amino-alcohol motifs (C(OH)–C–C–N with tert-alkyl or cyclic N) is 1. The van der Waals surface area contributed by atoms with Crippen LogP contribution in [-0.4, -0.2) is 97.3 Å². The summed E-state index contributed by atoms with van der Waals surface area (Å²) in [6, 6.07) is 17.3. The highest BCUT2D eigenvalue weighted by Gasteiger charge is 2.45. The van der Waals surface area contributed by atoms with Gasteiger partial charge in [0.15, 0.2) is 24.0 Å². The number of carbonyl (C=O) groups excluding carboxylic acids is 5. The number of carbonyl (C=O) groups is 5. The van der Waals surface area contributed by atoms with Gasteiger partial charge in [0, 0.05) is 38.0 Å². The molecule has 4 aromatic carbocycles. The van der Waals surface area contributed by atoms with Gasteiger partial charge in [0.1, 0.15) is 29.3 Å². The van der Waals surface area contributed by atoms with Crippen LogP contribution in [0.5, 0.6) is 11.5 Å². The summed E-state index contributed by atoms with van der Waals surface area (Å²) in [4.78, 5) is 80.0. The molecule has 1 fully saturated rings. The molecule has 0 aliphatic carbocycles. The van der Waals surface area contributed by atoms with Gasteiger partial charge in [-0.1, -0.05) is 57.2 Å². The summed E-state index contributed by atoms with van der Waals surface area (Å²) in [7, 11) is 1.74. The lowest BCUT2D eigenvalue weighted by molar-refractivity contribution is -0.144. The van der Waals surface area contributed by atoms with E-state index in [2.05, 4.69) is 20.6 Å². The molecule has 0 unspecified atom stereocenters. The molecule has 2 aliphatic rings. The number of thiazole rings is 1. The van der Waals surface area contributed by atoms with E-state index in [4.69, 9.17) is 14.2 Å². The maximum absolute atomic E-state index is 15.4. The summed E-state index contributed by atoms with van der Waals surface area (Å²) >= 11 is 1.54. The van der Waals surface area contributed by atoms with E-state index in [0.29, 0.717) is 39.2 Å². The number of rotatable bonds is 14. The number of ketones is 1. The molecular formula is C58H65F2N7O9S. The highest BCUT2D eigenvalue weighted by molar-refractivity contribution is 7.13. The van der Waals surface area contributed by atoms with E-state index in [1.807, 2.05) is 44.2 Å². The number of amides is 4. The second-order valence-corrected chi connectivity index (χ2v) is 22.8. The number of halogens is 2. The van der Waals surface area contributed by atoms with Crippen LogP contribution in [0.25, 0.3) is 21.6 Å². The van der Waals surface area contributed by atoms with Crippen molar-refractivity contribution in [2.24, 2.45) is 23.4 Å². The van der Waals surface area contributed by atoms with Gasteiger partial charge in [0.05, 0.1) is 52.9 Å². The normalized spacial score (nSPS) is 17.6. The van der Waals surface area contributed by atoms with Gasteiger partial charge in [-0.15, -0.1) is 16.3 Å². The van der Waals surface area contributed by atoms with Crippen molar-refractivity contribution in [2.45, 2.75) is 112 Å². The first-order chi connectivity index (χ1) is 36.3. The molecule has 0 bridgehead atoms. The van der Waals surface area contributed by atoms with E-state index >= 15 is 4.39 Å². The average molecular weight is 1070 g/mol. The van der Waals surface area contributed by atoms with Crippen molar-refractivity contribution in [1.29, 1.82) is 0 Å². The highest BCUT2D eigenvalue weighted by Crippen LogP contribution is 2.41. The number of ether oxygens (including phenoxy) is 3. The Hall–Kier alpha value is -7.51. The molecule has 0 saturated carbocycles. The van der Waals surface area contributed by atoms with E-state index < -0.39 is 83.2 Å². The highest BCUT2D eigenvalue weighted by atomic mass is 32.1. The van der Waals surface area contributed by atoms with Gasteiger partial charge in [-0.05, 0) is 123 Å². The fraction of sp³-hybridized carbons (Fsp3) is 0.397. The van der Waals surface area contributed by atoms with E-state index in [-0.39, 0.29) is 49.6 Å². The van der Waals surface area contributed by atoms with Crippen molar-refractivity contribution in [3.63, 3.8) is 0 Å². The molecule has 16 nitrogen and oxygen atoms in total. The Kier molecular flexibility index (Phi) is 16.4. The van der Waals surface area contributed by atoms with Crippen molar-refractivity contribution in [1.82, 2.24) is 29.7 Å². The third-order valence-corrected chi connectivity index (χ3v) is 14.5. The first kappa shape index (κ1) is 55.7. The van der Waals surface area contributed by atoms with Crippen LogP contribution in [0.3, 0.4) is 0 Å². The zero-order valence-corrected chi connectivity index (χ0v) is 45.7. The molecule has 5 atom stereocenters. The zero-order chi connectivity index (χ0) is 55.7. The Balaban J connectivity index is 0.947. The lowest BCUT2D eigenvalue weighted by Crippen LogP contribution is -2.58.